The number of aryl methyl sites for hydroxylation is 1. The van der Waals surface area contributed by atoms with Crippen molar-refractivity contribution in [2.45, 2.75) is 47.1 Å². The molecule has 0 spiro atoms. The van der Waals surface area contributed by atoms with Crippen LogP contribution in [0.1, 0.15) is 40.3 Å². The van der Waals surface area contributed by atoms with Crippen LogP contribution in [0.15, 0.2) is 12.1 Å². The molecule has 20 heavy (non-hydrogen) atoms. The molecule has 0 bridgehead atoms. The number of carbonyl (C=O) groups is 1. The molecule has 0 saturated heterocycles. The Hall–Kier alpha value is -1.85. The van der Waals surface area contributed by atoms with Crippen LogP contribution in [0, 0.1) is 6.92 Å². The summed E-state index contributed by atoms with van der Waals surface area (Å²) in [7, 11) is 0. The number of aromatic nitrogens is 2. The third-order valence-corrected chi connectivity index (χ3v) is 1.90. The van der Waals surface area contributed by atoms with Crippen LogP contribution in [0.25, 0.3) is 0 Å². The van der Waals surface area contributed by atoms with E-state index in [1.165, 1.54) is 0 Å². The number of hydrogen-bond donors (Lipinski definition) is 2. The monoisotopic (exact) mass is 282 g/mol. The topological polar surface area (TPSA) is 76.1 Å². The first kappa shape index (κ1) is 18.1. The summed E-state index contributed by atoms with van der Waals surface area (Å²) in [6.07, 6.45) is -0.417. The third kappa shape index (κ3) is 9.13. The fourth-order valence-corrected chi connectivity index (χ4v) is 1.16. The molecule has 0 radical (unpaired) electrons. The lowest BCUT2D eigenvalue weighted by Crippen LogP contribution is -2.35. The molecule has 1 heterocycles. The number of alkyl carbamates (subject to hydrolysis) is 1. The molecule has 6 heteroatoms. The van der Waals surface area contributed by atoms with Gasteiger partial charge >= 0.3 is 6.09 Å². The van der Waals surface area contributed by atoms with Crippen molar-refractivity contribution >= 4 is 11.9 Å². The molecule has 6 nitrogen and oxygen atoms in total. The van der Waals surface area contributed by atoms with Crippen molar-refractivity contribution in [1.82, 2.24) is 15.5 Å². The van der Waals surface area contributed by atoms with Gasteiger partial charge < -0.3 is 15.4 Å². The summed E-state index contributed by atoms with van der Waals surface area (Å²) in [5.41, 5.74) is 0.396. The predicted octanol–water partition coefficient (Wildman–Crippen LogP) is 2.75. The van der Waals surface area contributed by atoms with Gasteiger partial charge in [-0.15, -0.1) is 5.10 Å². The van der Waals surface area contributed by atoms with Gasteiger partial charge in [-0.3, -0.25) is 0 Å². The Kier molecular flexibility index (Phi) is 8.27. The largest absolute Gasteiger partial charge is 0.444 e. The summed E-state index contributed by atoms with van der Waals surface area (Å²) in [6.45, 7) is 12.4. The zero-order valence-electron chi connectivity index (χ0n) is 13.3. The molecule has 114 valence electrons. The number of anilines is 1. The maximum absolute atomic E-state index is 11.3. The molecular weight excluding hydrogens is 256 g/mol. The highest BCUT2D eigenvalue weighted by molar-refractivity contribution is 5.67. The first-order chi connectivity index (χ1) is 9.37. The van der Waals surface area contributed by atoms with E-state index in [2.05, 4.69) is 20.8 Å². The first-order valence-electron chi connectivity index (χ1n) is 6.88. The van der Waals surface area contributed by atoms with Gasteiger partial charge in [0.05, 0.1) is 5.69 Å². The van der Waals surface area contributed by atoms with Crippen LogP contribution in [-0.4, -0.2) is 35.0 Å². The van der Waals surface area contributed by atoms with Gasteiger partial charge in [0.15, 0.2) is 0 Å². The number of carbonyl (C=O) groups excluding carboxylic acids is 1. The summed E-state index contributed by atoms with van der Waals surface area (Å²) in [6, 6.07) is 3.71. The van der Waals surface area contributed by atoms with Crippen molar-refractivity contribution in [2.75, 3.05) is 18.4 Å². The maximum atomic E-state index is 11.3. The molecule has 1 amide bonds. The van der Waals surface area contributed by atoms with Crippen LogP contribution in [0.3, 0.4) is 0 Å². The fraction of sp³-hybridized carbons (Fsp3) is 0.643. The first-order valence-corrected chi connectivity index (χ1v) is 6.88. The number of amides is 1. The molecule has 0 saturated carbocycles. The zero-order chi connectivity index (χ0) is 15.6. The number of hydrogen-bond acceptors (Lipinski definition) is 5. The molecule has 0 aromatic carbocycles. The molecule has 1 aromatic heterocycles. The van der Waals surface area contributed by atoms with Crippen molar-refractivity contribution in [1.29, 1.82) is 0 Å². The number of ether oxygens (including phenoxy) is 1. The van der Waals surface area contributed by atoms with Crippen LogP contribution in [0.2, 0.25) is 0 Å². The lowest BCUT2D eigenvalue weighted by atomic mass is 10.2. The lowest BCUT2D eigenvalue weighted by molar-refractivity contribution is 0.0530. The van der Waals surface area contributed by atoms with Crippen molar-refractivity contribution in [3.05, 3.63) is 17.8 Å². The van der Waals surface area contributed by atoms with Gasteiger partial charge in [0.2, 0.25) is 0 Å². The number of nitrogens with zero attached hydrogens (tertiary/aromatic N) is 2. The Morgan fingerprint density at radius 3 is 2.35 bits per heavy atom. The van der Waals surface area contributed by atoms with Crippen LogP contribution in [0.5, 0.6) is 0 Å². The van der Waals surface area contributed by atoms with Gasteiger partial charge in [-0.1, -0.05) is 13.8 Å². The maximum Gasteiger partial charge on any atom is 0.407 e. The summed E-state index contributed by atoms with van der Waals surface area (Å²) >= 11 is 0. The highest BCUT2D eigenvalue weighted by atomic mass is 16.6. The van der Waals surface area contributed by atoms with E-state index in [4.69, 9.17) is 4.74 Å². The molecule has 0 atom stereocenters. The predicted molar refractivity (Wildman–Crippen MR) is 80.8 cm³/mol. The Morgan fingerprint density at radius 2 is 1.85 bits per heavy atom. The molecule has 0 aliphatic carbocycles. The molecule has 0 aliphatic heterocycles. The van der Waals surface area contributed by atoms with Gasteiger partial charge in [0.25, 0.3) is 0 Å². The van der Waals surface area contributed by atoms with E-state index in [9.17, 15) is 4.79 Å². The summed E-state index contributed by atoms with van der Waals surface area (Å²) in [5, 5.41) is 13.6. The van der Waals surface area contributed by atoms with Crippen molar-refractivity contribution in [3.8, 4) is 0 Å². The molecule has 2 N–H and O–H groups in total. The van der Waals surface area contributed by atoms with Crippen LogP contribution in [-0.2, 0) is 4.74 Å². The van der Waals surface area contributed by atoms with E-state index in [1.54, 1.807) is 0 Å². The van der Waals surface area contributed by atoms with Crippen molar-refractivity contribution < 1.29 is 9.53 Å². The van der Waals surface area contributed by atoms with Gasteiger partial charge in [-0.25, -0.2) is 4.79 Å². The fourth-order valence-electron chi connectivity index (χ4n) is 1.16. The Morgan fingerprint density at radius 1 is 1.20 bits per heavy atom. The van der Waals surface area contributed by atoms with Gasteiger partial charge in [-0.05, 0) is 39.8 Å². The number of nitrogens with one attached hydrogen (secondary N) is 2. The molecule has 1 rings (SSSR count). The second-order valence-electron chi connectivity index (χ2n) is 4.92. The average Bonchev–Trinajstić information content (AvgIpc) is 2.37. The number of rotatable bonds is 4. The zero-order valence-corrected chi connectivity index (χ0v) is 13.3. The Labute approximate surface area is 121 Å². The molecule has 0 aliphatic rings. The average molecular weight is 282 g/mol. The summed E-state index contributed by atoms with van der Waals surface area (Å²) in [4.78, 5) is 11.3. The Bertz CT molecular complexity index is 385. The van der Waals surface area contributed by atoms with E-state index in [1.807, 2.05) is 53.7 Å². The highest BCUT2D eigenvalue weighted by Crippen LogP contribution is 2.06. The van der Waals surface area contributed by atoms with Crippen LogP contribution >= 0.6 is 0 Å². The van der Waals surface area contributed by atoms with E-state index >= 15 is 0 Å². The van der Waals surface area contributed by atoms with E-state index in [0.717, 1.165) is 5.69 Å². The van der Waals surface area contributed by atoms with Gasteiger partial charge in [-0.2, -0.15) is 5.10 Å². The van der Waals surface area contributed by atoms with E-state index in [0.29, 0.717) is 18.9 Å². The molecule has 0 unspecified atom stereocenters. The Balaban J connectivity index is 0.00000172. The second-order valence-corrected chi connectivity index (χ2v) is 4.92. The standard InChI is InChI=1S/C12H20N4O2.C2H6/c1-9-5-6-10(16-15-9)13-7-8-14-11(17)18-12(2,3)4;1-2/h5-6H,7-8H2,1-4H3,(H,13,16)(H,14,17);1-2H3. The van der Waals surface area contributed by atoms with E-state index in [-0.39, 0.29) is 0 Å². The minimum absolute atomic E-state index is 0.417. The second kappa shape index (κ2) is 9.12. The lowest BCUT2D eigenvalue weighted by Gasteiger charge is -2.19. The highest BCUT2D eigenvalue weighted by Gasteiger charge is 2.15. The smallest absolute Gasteiger partial charge is 0.407 e. The third-order valence-electron chi connectivity index (χ3n) is 1.90. The molecular formula is C14H26N4O2. The SMILES string of the molecule is CC.Cc1ccc(NCCNC(=O)OC(C)(C)C)nn1. The van der Waals surface area contributed by atoms with Gasteiger partial charge in [0, 0.05) is 13.1 Å². The summed E-state index contributed by atoms with van der Waals surface area (Å²) < 4.78 is 5.10. The van der Waals surface area contributed by atoms with Crippen molar-refractivity contribution in [2.24, 2.45) is 0 Å². The minimum atomic E-state index is -0.472. The normalized spacial score (nSPS) is 10.1. The van der Waals surface area contributed by atoms with Crippen LogP contribution < -0.4 is 10.6 Å². The minimum Gasteiger partial charge on any atom is -0.444 e. The summed E-state index contributed by atoms with van der Waals surface area (Å²) in [5.74, 6) is 0.687. The van der Waals surface area contributed by atoms with Gasteiger partial charge in [0.1, 0.15) is 11.4 Å². The van der Waals surface area contributed by atoms with E-state index < -0.39 is 11.7 Å². The molecule has 0 fully saturated rings. The van der Waals surface area contributed by atoms with Crippen LogP contribution in [0.4, 0.5) is 10.6 Å². The molecule has 1 aromatic rings. The van der Waals surface area contributed by atoms with Crippen molar-refractivity contribution in [3.63, 3.8) is 0 Å². The quantitative estimate of drug-likeness (QED) is 0.830.